The fraction of sp³-hybridized carbons (Fsp3) is 0.417. The molecule has 3 saturated heterocycles. The van der Waals surface area contributed by atoms with Crippen molar-refractivity contribution in [2.45, 2.75) is 50.4 Å². The summed E-state index contributed by atoms with van der Waals surface area (Å²) in [6.45, 7) is 4.78. The summed E-state index contributed by atoms with van der Waals surface area (Å²) in [5, 5.41) is 0. The average Bonchev–Trinajstić information content (AvgIpc) is 3.32. The highest BCUT2D eigenvalue weighted by Gasteiger charge is 2.60. The third-order valence-electron chi connectivity index (χ3n) is 6.22. The lowest BCUT2D eigenvalue weighted by atomic mass is 9.87. The van der Waals surface area contributed by atoms with Crippen LogP contribution in [0.5, 0.6) is 0 Å². The normalized spacial score (nSPS) is 29.7. The number of carbonyl (C=O) groups is 2. The van der Waals surface area contributed by atoms with Gasteiger partial charge >= 0.3 is 6.09 Å². The van der Waals surface area contributed by atoms with Crippen molar-refractivity contribution in [1.29, 1.82) is 0 Å². The van der Waals surface area contributed by atoms with Gasteiger partial charge in [0, 0.05) is 6.54 Å². The zero-order chi connectivity index (χ0) is 21.6. The van der Waals surface area contributed by atoms with Gasteiger partial charge in [0.25, 0.3) is 0 Å². The summed E-state index contributed by atoms with van der Waals surface area (Å²) in [5.41, 5.74) is 1.98. The fourth-order valence-corrected chi connectivity index (χ4v) is 4.76. The van der Waals surface area contributed by atoms with E-state index in [0.29, 0.717) is 13.2 Å². The first-order chi connectivity index (χ1) is 14.9. The molecule has 4 atom stereocenters. The van der Waals surface area contributed by atoms with Crippen LogP contribution in [0.3, 0.4) is 0 Å². The van der Waals surface area contributed by atoms with Crippen molar-refractivity contribution in [2.75, 3.05) is 13.2 Å². The van der Waals surface area contributed by atoms with E-state index >= 15 is 0 Å². The Morgan fingerprint density at radius 2 is 1.65 bits per heavy atom. The molecule has 31 heavy (non-hydrogen) atoms. The van der Waals surface area contributed by atoms with Gasteiger partial charge in [0.2, 0.25) is 5.91 Å². The van der Waals surface area contributed by atoms with Gasteiger partial charge in [0.05, 0.1) is 18.7 Å². The third kappa shape index (κ3) is 3.58. The van der Waals surface area contributed by atoms with E-state index in [1.54, 1.807) is 9.80 Å². The predicted octanol–water partition coefficient (Wildman–Crippen LogP) is 3.11. The number of hydrogen-bond acceptors (Lipinski definition) is 5. The molecule has 0 saturated carbocycles. The summed E-state index contributed by atoms with van der Waals surface area (Å²) in [7, 11) is 0. The number of hydrogen-bond donors (Lipinski definition) is 0. The van der Waals surface area contributed by atoms with Gasteiger partial charge in [-0.2, -0.15) is 0 Å². The maximum atomic E-state index is 13.4. The van der Waals surface area contributed by atoms with Crippen LogP contribution in [0, 0.1) is 0 Å². The Bertz CT molecular complexity index is 964. The minimum Gasteiger partial charge on any atom is -0.447 e. The number of β-lactam (4-membered cyclic amide) rings is 1. The SMILES string of the molecule is CC1(C)OC[C@@H]([C@@H]2[C@H](N3C(=O)OC[C@@H]3c3ccccc3)C(=O)N2Cc2ccccc2)O1. The average molecular weight is 422 g/mol. The molecule has 7 nitrogen and oxygen atoms in total. The largest absolute Gasteiger partial charge is 0.447 e. The van der Waals surface area contributed by atoms with E-state index < -0.39 is 17.9 Å². The molecule has 0 aromatic heterocycles. The number of nitrogens with zero attached hydrogens (tertiary/aromatic N) is 2. The molecule has 0 radical (unpaired) electrons. The van der Waals surface area contributed by atoms with E-state index in [1.165, 1.54) is 0 Å². The van der Waals surface area contributed by atoms with Crippen LogP contribution in [0.25, 0.3) is 0 Å². The van der Waals surface area contributed by atoms with E-state index in [-0.39, 0.29) is 30.7 Å². The van der Waals surface area contributed by atoms with E-state index in [4.69, 9.17) is 14.2 Å². The Balaban J connectivity index is 1.46. The molecule has 0 unspecified atom stereocenters. The Labute approximate surface area is 181 Å². The maximum Gasteiger partial charge on any atom is 0.411 e. The van der Waals surface area contributed by atoms with Crippen LogP contribution in [0.4, 0.5) is 4.79 Å². The summed E-state index contributed by atoms with van der Waals surface area (Å²) in [4.78, 5) is 29.5. The Morgan fingerprint density at radius 3 is 2.29 bits per heavy atom. The molecule has 7 heteroatoms. The standard InChI is InChI=1S/C24H26N2O5/c1-24(2)30-15-19(31-24)20-21(22(27)25(20)13-16-9-5-3-6-10-16)26-18(14-29-23(26)28)17-11-7-4-8-12-17/h3-12,18-21H,13-15H2,1-2H3/t18-,19+,20-,21+/m1/s1. The van der Waals surface area contributed by atoms with Gasteiger partial charge in [-0.1, -0.05) is 60.7 Å². The highest BCUT2D eigenvalue weighted by atomic mass is 16.7. The smallest absolute Gasteiger partial charge is 0.411 e. The van der Waals surface area contributed by atoms with E-state index in [1.807, 2.05) is 74.5 Å². The van der Waals surface area contributed by atoms with Crippen LogP contribution in [0.15, 0.2) is 60.7 Å². The van der Waals surface area contributed by atoms with Gasteiger partial charge in [-0.3, -0.25) is 9.69 Å². The summed E-state index contributed by atoms with van der Waals surface area (Å²) >= 11 is 0. The van der Waals surface area contributed by atoms with Crippen molar-refractivity contribution in [1.82, 2.24) is 9.80 Å². The first-order valence-electron chi connectivity index (χ1n) is 10.6. The van der Waals surface area contributed by atoms with Crippen molar-refractivity contribution in [3.63, 3.8) is 0 Å². The second-order valence-electron chi connectivity index (χ2n) is 8.66. The van der Waals surface area contributed by atoms with Crippen molar-refractivity contribution >= 4 is 12.0 Å². The van der Waals surface area contributed by atoms with Gasteiger partial charge in [0.1, 0.15) is 18.8 Å². The minimum atomic E-state index is -0.726. The van der Waals surface area contributed by atoms with Crippen LogP contribution >= 0.6 is 0 Å². The van der Waals surface area contributed by atoms with Gasteiger partial charge in [0.15, 0.2) is 5.79 Å². The lowest BCUT2D eigenvalue weighted by molar-refractivity contribution is -0.182. The van der Waals surface area contributed by atoms with Crippen LogP contribution in [-0.4, -0.2) is 59.0 Å². The second-order valence-corrected chi connectivity index (χ2v) is 8.66. The molecule has 0 bridgehead atoms. The van der Waals surface area contributed by atoms with Gasteiger partial charge < -0.3 is 19.1 Å². The molecule has 0 spiro atoms. The predicted molar refractivity (Wildman–Crippen MR) is 112 cm³/mol. The number of benzene rings is 2. The molecule has 0 N–H and O–H groups in total. The maximum absolute atomic E-state index is 13.4. The second kappa shape index (κ2) is 7.66. The molecular formula is C24H26N2O5. The Kier molecular flexibility index (Phi) is 4.95. The molecule has 3 heterocycles. The summed E-state index contributed by atoms with van der Waals surface area (Å²) in [6.07, 6.45) is -0.791. The number of likely N-dealkylation sites (tertiary alicyclic amines) is 1. The van der Waals surface area contributed by atoms with Crippen LogP contribution in [0.2, 0.25) is 0 Å². The van der Waals surface area contributed by atoms with E-state index in [2.05, 4.69) is 0 Å². The van der Waals surface area contributed by atoms with Crippen LogP contribution in [0.1, 0.15) is 31.0 Å². The molecule has 5 rings (SSSR count). The number of amides is 2. The summed E-state index contributed by atoms with van der Waals surface area (Å²) < 4.78 is 17.3. The van der Waals surface area contributed by atoms with Crippen LogP contribution in [-0.2, 0) is 25.5 Å². The first-order valence-corrected chi connectivity index (χ1v) is 10.6. The lowest BCUT2D eigenvalue weighted by Crippen LogP contribution is -2.74. The van der Waals surface area contributed by atoms with Crippen LogP contribution < -0.4 is 0 Å². The minimum absolute atomic E-state index is 0.0954. The zero-order valence-corrected chi connectivity index (χ0v) is 17.6. The summed E-state index contributed by atoms with van der Waals surface area (Å²) in [5.74, 6) is -0.821. The highest BCUT2D eigenvalue weighted by Crippen LogP contribution is 2.41. The molecule has 3 fully saturated rings. The number of cyclic esters (lactones) is 1. The zero-order valence-electron chi connectivity index (χ0n) is 17.6. The Morgan fingerprint density at radius 1 is 0.968 bits per heavy atom. The van der Waals surface area contributed by atoms with E-state index in [0.717, 1.165) is 11.1 Å². The molecule has 162 valence electrons. The number of ether oxygens (including phenoxy) is 3. The summed E-state index contributed by atoms with van der Waals surface area (Å²) in [6, 6.07) is 18.3. The number of carbonyl (C=O) groups excluding carboxylic acids is 2. The molecule has 2 aromatic carbocycles. The molecule has 3 aliphatic rings. The first kappa shape index (κ1) is 20.0. The van der Waals surface area contributed by atoms with Crippen molar-refractivity contribution in [2.24, 2.45) is 0 Å². The molecule has 2 aromatic rings. The number of rotatable bonds is 5. The third-order valence-corrected chi connectivity index (χ3v) is 6.22. The fourth-order valence-electron chi connectivity index (χ4n) is 4.76. The van der Waals surface area contributed by atoms with Gasteiger partial charge in [-0.25, -0.2) is 4.79 Å². The van der Waals surface area contributed by atoms with Gasteiger partial charge in [-0.05, 0) is 25.0 Å². The quantitative estimate of drug-likeness (QED) is 0.693. The molecule has 3 aliphatic heterocycles. The molecule has 2 amide bonds. The van der Waals surface area contributed by atoms with Crippen molar-refractivity contribution < 1.29 is 23.8 Å². The van der Waals surface area contributed by atoms with E-state index in [9.17, 15) is 9.59 Å². The van der Waals surface area contributed by atoms with Gasteiger partial charge in [-0.15, -0.1) is 0 Å². The van der Waals surface area contributed by atoms with Crippen molar-refractivity contribution in [3.05, 3.63) is 71.8 Å². The topological polar surface area (TPSA) is 68.3 Å². The molecule has 0 aliphatic carbocycles. The molecular weight excluding hydrogens is 396 g/mol. The highest BCUT2D eigenvalue weighted by molar-refractivity contribution is 5.93. The van der Waals surface area contributed by atoms with Crippen molar-refractivity contribution in [3.8, 4) is 0 Å². The lowest BCUT2D eigenvalue weighted by Gasteiger charge is -2.52. The Hall–Kier alpha value is -2.90. The monoisotopic (exact) mass is 422 g/mol.